The van der Waals surface area contributed by atoms with Crippen LogP contribution in [0.15, 0.2) is 0 Å². The van der Waals surface area contributed by atoms with Crippen molar-refractivity contribution in [3.63, 3.8) is 0 Å². The Morgan fingerprint density at radius 2 is 2.05 bits per heavy atom. The number of ether oxygens (including phenoxy) is 2. The maximum absolute atomic E-state index is 12.3. The number of hydrogen-bond acceptors (Lipinski definition) is 4. The number of likely N-dealkylation sites (tertiary alicyclic amines) is 1. The van der Waals surface area contributed by atoms with E-state index in [1.54, 1.807) is 0 Å². The number of nitrogens with zero attached hydrogens (tertiary/aromatic N) is 1. The lowest BCUT2D eigenvalue weighted by molar-refractivity contribution is -0.126. The fourth-order valence-electron chi connectivity index (χ4n) is 2.72. The van der Waals surface area contributed by atoms with Crippen molar-refractivity contribution in [1.82, 2.24) is 10.2 Å². The Labute approximate surface area is 126 Å². The van der Waals surface area contributed by atoms with Crippen LogP contribution in [0.1, 0.15) is 46.5 Å². The molecule has 6 heteroatoms. The Hall–Kier alpha value is -1.30. The van der Waals surface area contributed by atoms with Crippen molar-refractivity contribution >= 4 is 12.0 Å². The van der Waals surface area contributed by atoms with Gasteiger partial charge in [-0.15, -0.1) is 0 Å². The van der Waals surface area contributed by atoms with Crippen molar-refractivity contribution in [3.05, 3.63) is 0 Å². The van der Waals surface area contributed by atoms with Gasteiger partial charge in [0.25, 0.3) is 0 Å². The molecule has 0 aromatic heterocycles. The highest BCUT2D eigenvalue weighted by molar-refractivity contribution is 5.86. The second kappa shape index (κ2) is 6.64. The van der Waals surface area contributed by atoms with E-state index in [1.165, 1.54) is 4.90 Å². The largest absolute Gasteiger partial charge is 0.444 e. The van der Waals surface area contributed by atoms with Crippen LogP contribution in [0.25, 0.3) is 0 Å². The highest BCUT2D eigenvalue weighted by Gasteiger charge is 2.36. The molecule has 2 rings (SSSR count). The first-order valence-electron chi connectivity index (χ1n) is 7.76. The Morgan fingerprint density at radius 1 is 1.29 bits per heavy atom. The molecule has 2 aliphatic heterocycles. The van der Waals surface area contributed by atoms with E-state index in [4.69, 9.17) is 9.47 Å². The minimum atomic E-state index is -0.543. The van der Waals surface area contributed by atoms with Crippen LogP contribution in [0.5, 0.6) is 0 Å². The van der Waals surface area contributed by atoms with Crippen LogP contribution in [0.2, 0.25) is 0 Å². The summed E-state index contributed by atoms with van der Waals surface area (Å²) in [6, 6.07) is -0.416. The average molecular weight is 298 g/mol. The highest BCUT2D eigenvalue weighted by Crippen LogP contribution is 2.21. The van der Waals surface area contributed by atoms with Gasteiger partial charge in [-0.1, -0.05) is 0 Å². The number of rotatable bonds is 3. The predicted molar refractivity (Wildman–Crippen MR) is 77.9 cm³/mol. The smallest absolute Gasteiger partial charge is 0.410 e. The molecule has 2 fully saturated rings. The first kappa shape index (κ1) is 16.1. The summed E-state index contributed by atoms with van der Waals surface area (Å²) >= 11 is 0. The SMILES string of the molecule is CC(C)(C)OC(=O)N1CCC[C@H]1C(=O)NCC1CCCO1. The van der Waals surface area contributed by atoms with Crippen LogP contribution in [-0.4, -0.2) is 54.3 Å². The quantitative estimate of drug-likeness (QED) is 0.861. The van der Waals surface area contributed by atoms with Gasteiger partial charge >= 0.3 is 6.09 Å². The second-order valence-corrected chi connectivity index (χ2v) is 6.71. The molecule has 2 aliphatic rings. The minimum absolute atomic E-state index is 0.103. The number of hydrogen-bond donors (Lipinski definition) is 1. The van der Waals surface area contributed by atoms with Gasteiger partial charge in [-0.05, 0) is 46.5 Å². The number of nitrogens with one attached hydrogen (secondary N) is 1. The molecule has 0 bridgehead atoms. The van der Waals surface area contributed by atoms with Gasteiger partial charge in [-0.2, -0.15) is 0 Å². The molecule has 2 heterocycles. The molecule has 0 radical (unpaired) electrons. The summed E-state index contributed by atoms with van der Waals surface area (Å²) < 4.78 is 10.8. The molecule has 0 spiro atoms. The summed E-state index contributed by atoms with van der Waals surface area (Å²) in [5.74, 6) is -0.103. The van der Waals surface area contributed by atoms with Gasteiger partial charge in [-0.3, -0.25) is 9.69 Å². The molecule has 0 aliphatic carbocycles. The van der Waals surface area contributed by atoms with Gasteiger partial charge < -0.3 is 14.8 Å². The minimum Gasteiger partial charge on any atom is -0.444 e. The Bertz CT molecular complexity index is 386. The number of amides is 2. The molecular formula is C15H26N2O4. The topological polar surface area (TPSA) is 67.9 Å². The van der Waals surface area contributed by atoms with Gasteiger partial charge in [-0.25, -0.2) is 4.79 Å². The van der Waals surface area contributed by atoms with Crippen LogP contribution in [-0.2, 0) is 14.3 Å². The summed E-state index contributed by atoms with van der Waals surface area (Å²) in [6.07, 6.45) is 3.27. The van der Waals surface area contributed by atoms with E-state index >= 15 is 0 Å². The van der Waals surface area contributed by atoms with E-state index in [9.17, 15) is 9.59 Å². The van der Waals surface area contributed by atoms with Crippen LogP contribution in [0.3, 0.4) is 0 Å². The fourth-order valence-corrected chi connectivity index (χ4v) is 2.72. The number of carbonyl (C=O) groups is 2. The monoisotopic (exact) mass is 298 g/mol. The van der Waals surface area contributed by atoms with Crippen molar-refractivity contribution in [3.8, 4) is 0 Å². The first-order chi connectivity index (χ1) is 9.87. The maximum atomic E-state index is 12.3. The van der Waals surface area contributed by atoms with E-state index in [1.807, 2.05) is 20.8 Å². The van der Waals surface area contributed by atoms with Crippen LogP contribution in [0, 0.1) is 0 Å². The van der Waals surface area contributed by atoms with E-state index in [-0.39, 0.29) is 12.0 Å². The average Bonchev–Trinajstić information content (AvgIpc) is 3.05. The molecular weight excluding hydrogens is 272 g/mol. The molecule has 0 saturated carbocycles. The molecule has 6 nitrogen and oxygen atoms in total. The maximum Gasteiger partial charge on any atom is 0.410 e. The molecule has 2 amide bonds. The van der Waals surface area contributed by atoms with Crippen molar-refractivity contribution in [2.45, 2.75) is 64.2 Å². The lowest BCUT2D eigenvalue weighted by Crippen LogP contribution is -2.48. The number of carbonyl (C=O) groups excluding carboxylic acids is 2. The van der Waals surface area contributed by atoms with Crippen LogP contribution < -0.4 is 5.32 Å². The molecule has 120 valence electrons. The highest BCUT2D eigenvalue weighted by atomic mass is 16.6. The summed E-state index contributed by atoms with van der Waals surface area (Å²) in [6.45, 7) is 7.35. The van der Waals surface area contributed by atoms with Gasteiger partial charge in [0.2, 0.25) is 5.91 Å². The third kappa shape index (κ3) is 4.59. The van der Waals surface area contributed by atoms with E-state index in [2.05, 4.69) is 5.32 Å². The van der Waals surface area contributed by atoms with Gasteiger partial charge in [0, 0.05) is 19.7 Å². The zero-order valence-corrected chi connectivity index (χ0v) is 13.2. The fraction of sp³-hybridized carbons (Fsp3) is 0.867. The van der Waals surface area contributed by atoms with Crippen molar-refractivity contribution in [2.75, 3.05) is 19.7 Å². The Balaban J connectivity index is 1.85. The Morgan fingerprint density at radius 3 is 2.67 bits per heavy atom. The van der Waals surface area contributed by atoms with E-state index < -0.39 is 17.7 Å². The molecule has 2 atom stereocenters. The predicted octanol–water partition coefficient (Wildman–Crippen LogP) is 1.68. The van der Waals surface area contributed by atoms with Crippen LogP contribution >= 0.6 is 0 Å². The van der Waals surface area contributed by atoms with Gasteiger partial charge in [0.1, 0.15) is 11.6 Å². The third-order valence-electron chi connectivity index (χ3n) is 3.71. The van der Waals surface area contributed by atoms with Crippen molar-refractivity contribution in [2.24, 2.45) is 0 Å². The van der Waals surface area contributed by atoms with Crippen LogP contribution in [0.4, 0.5) is 4.79 Å². The summed E-state index contributed by atoms with van der Waals surface area (Å²) in [5, 5.41) is 2.90. The zero-order chi connectivity index (χ0) is 15.5. The summed E-state index contributed by atoms with van der Waals surface area (Å²) in [7, 11) is 0. The summed E-state index contributed by atoms with van der Waals surface area (Å²) in [5.41, 5.74) is -0.543. The van der Waals surface area contributed by atoms with E-state index in [0.717, 1.165) is 25.9 Å². The second-order valence-electron chi connectivity index (χ2n) is 6.71. The van der Waals surface area contributed by atoms with E-state index in [0.29, 0.717) is 19.5 Å². The lowest BCUT2D eigenvalue weighted by atomic mass is 10.2. The molecule has 1 unspecified atom stereocenters. The molecule has 21 heavy (non-hydrogen) atoms. The van der Waals surface area contributed by atoms with Crippen molar-refractivity contribution < 1.29 is 19.1 Å². The van der Waals surface area contributed by atoms with Crippen molar-refractivity contribution in [1.29, 1.82) is 0 Å². The molecule has 0 aromatic carbocycles. The molecule has 2 saturated heterocycles. The van der Waals surface area contributed by atoms with Gasteiger partial charge in [0.05, 0.1) is 6.10 Å². The van der Waals surface area contributed by atoms with Gasteiger partial charge in [0.15, 0.2) is 0 Å². The first-order valence-corrected chi connectivity index (χ1v) is 7.76. The molecule has 0 aromatic rings. The Kier molecular flexibility index (Phi) is 5.08. The third-order valence-corrected chi connectivity index (χ3v) is 3.71. The molecule has 1 N–H and O–H groups in total. The zero-order valence-electron chi connectivity index (χ0n) is 13.2. The summed E-state index contributed by atoms with van der Waals surface area (Å²) in [4.78, 5) is 25.9. The lowest BCUT2D eigenvalue weighted by Gasteiger charge is -2.28. The normalized spacial score (nSPS) is 26.0. The standard InChI is InChI=1S/C15H26N2O4/c1-15(2,3)21-14(19)17-8-4-7-12(17)13(18)16-10-11-6-5-9-20-11/h11-12H,4-10H2,1-3H3,(H,16,18)/t11?,12-/m0/s1.